The van der Waals surface area contributed by atoms with Gasteiger partial charge < -0.3 is 71.5 Å². The van der Waals surface area contributed by atoms with Gasteiger partial charge in [0.1, 0.15) is 36.4 Å². The molecule has 0 aliphatic carbocycles. The Bertz CT molecular complexity index is 3090. The Morgan fingerprint density at radius 1 is 0.704 bits per heavy atom. The van der Waals surface area contributed by atoms with Crippen molar-refractivity contribution in [3.63, 3.8) is 0 Å². The van der Waals surface area contributed by atoms with Crippen LogP contribution in [0.1, 0.15) is 138 Å². The first-order valence-electron chi connectivity index (χ1n) is 34.0. The van der Waals surface area contributed by atoms with Gasteiger partial charge >= 0.3 is 24.2 Å². The fourth-order valence-electron chi connectivity index (χ4n) is 12.3. The van der Waals surface area contributed by atoms with Crippen LogP contribution in [0.25, 0.3) is 0 Å². The monoisotopic (exact) mass is 1370 g/mol. The van der Waals surface area contributed by atoms with Gasteiger partial charge in [-0.05, 0) is 125 Å². The zero-order valence-electron chi connectivity index (χ0n) is 60.6. The molecule has 0 saturated carbocycles. The van der Waals surface area contributed by atoms with Crippen LogP contribution in [0.2, 0.25) is 0 Å². The standard InChI is InChI=1S/C72H111N11O15/c1-18-46(8)61(56(95-16)41-57(84)83-38-23-27-55(83)62(96-17)47(9)63(85)77-54(68(90)91)40-49-24-20-19-21-25-49)82(15)67(89)59(44(4)5)78-66(88)60(45(6)7)80(13)39-36-48-30-34-52(35-31-48)81(14)71(94)97-42-50-28-32-51(33-29-50)75-64(86)53(26-22-37-74-69(73)92)76-65(87)58(43(2)3)79-70(93)98-72(10,11)12/h19-21,24-25,28-35,43-47,53-56,58-62H,18,22-23,26-27,36-42H2,1-17H3,(H,75,86)(H,76,87)(H,77,85)(H,78,88)(H,79,93)(H,90,91)(H3,73,74,92)/t46-,47+,53-,54-,55-,56+,58-,59-,60-,61-,62+/m0/s1. The number of carbonyl (C=O) groups excluding carboxylic acids is 9. The second-order valence-electron chi connectivity index (χ2n) is 27.7. The number of carboxylic acid groups (broad SMARTS) is 1. The molecule has 0 radical (unpaired) electrons. The van der Waals surface area contributed by atoms with Gasteiger partial charge in [0.05, 0.1) is 42.7 Å². The number of anilines is 2. The number of hydrogen-bond acceptors (Lipinski definition) is 15. The maximum absolute atomic E-state index is 14.8. The highest BCUT2D eigenvalue weighted by Crippen LogP contribution is 2.31. The second-order valence-corrected chi connectivity index (χ2v) is 27.7. The smallest absolute Gasteiger partial charge is 0.414 e. The van der Waals surface area contributed by atoms with E-state index in [1.165, 1.54) is 19.1 Å². The van der Waals surface area contributed by atoms with Crippen molar-refractivity contribution in [3.05, 3.63) is 95.6 Å². The highest BCUT2D eigenvalue weighted by atomic mass is 16.6. The van der Waals surface area contributed by atoms with E-state index in [0.29, 0.717) is 62.1 Å². The first-order valence-corrected chi connectivity index (χ1v) is 34.0. The van der Waals surface area contributed by atoms with Gasteiger partial charge in [-0.3, -0.25) is 38.6 Å². The Labute approximate surface area is 579 Å². The van der Waals surface area contributed by atoms with Crippen LogP contribution in [-0.2, 0) is 72.0 Å². The van der Waals surface area contributed by atoms with E-state index in [-0.39, 0.29) is 73.8 Å². The van der Waals surface area contributed by atoms with Gasteiger partial charge in [0.15, 0.2) is 0 Å². The molecule has 3 aromatic rings. The molecule has 1 fully saturated rings. The highest BCUT2D eigenvalue weighted by molar-refractivity contribution is 5.98. The van der Waals surface area contributed by atoms with Crippen LogP contribution in [0.15, 0.2) is 78.9 Å². The molecule has 26 nitrogen and oxygen atoms in total. The van der Waals surface area contributed by atoms with E-state index < -0.39 is 108 Å². The number of nitrogens with zero attached hydrogens (tertiary/aromatic N) is 4. The number of alkyl carbamates (subject to hydrolysis) is 1. The van der Waals surface area contributed by atoms with E-state index in [1.807, 2.05) is 71.7 Å². The molecule has 4 rings (SSSR count). The van der Waals surface area contributed by atoms with E-state index >= 15 is 0 Å². The molecule has 0 aromatic heterocycles. The van der Waals surface area contributed by atoms with Crippen LogP contribution in [0.3, 0.4) is 0 Å². The number of carbonyl (C=O) groups is 10. The number of aliphatic carboxylic acids is 1. The SMILES string of the molecule is CC[C@H](C)[C@@H]([C@@H](CC(=O)N1CCC[C@H]1[C@H](OC)[C@@H](C)C(=O)N[C@@H](Cc1ccccc1)C(=O)O)OC)N(C)C(=O)[C@@H](NC(=O)[C@H](C(C)C)N(C)CCc1ccc(N(C)C(=O)OCc2ccc(NC(=O)[C@H](CCCNC(N)=O)NC(=O)[C@@H](NC(=O)OC(C)(C)C)C(C)C)cc2)cc1)C(C)C. The lowest BCUT2D eigenvalue weighted by Crippen LogP contribution is -2.60. The lowest BCUT2D eigenvalue weighted by molar-refractivity contribution is -0.148. The van der Waals surface area contributed by atoms with Gasteiger partial charge in [0.25, 0.3) is 0 Å². The maximum Gasteiger partial charge on any atom is 0.414 e. The second kappa shape index (κ2) is 39.3. The number of amides is 10. The normalized spacial score (nSPS) is 16.3. The molecule has 0 spiro atoms. The molecule has 98 heavy (non-hydrogen) atoms. The molecule has 1 heterocycles. The van der Waals surface area contributed by atoms with Crippen LogP contribution in [0.4, 0.5) is 25.8 Å². The number of carboxylic acids is 1. The highest BCUT2D eigenvalue weighted by Gasteiger charge is 2.44. The molecule has 26 heteroatoms. The largest absolute Gasteiger partial charge is 0.480 e. The molecule has 1 saturated heterocycles. The summed E-state index contributed by atoms with van der Waals surface area (Å²) in [5, 5.41) is 26.4. The number of methoxy groups -OCH3 is 2. The summed E-state index contributed by atoms with van der Waals surface area (Å²) in [6.45, 7) is 22.9. The third-order valence-electron chi connectivity index (χ3n) is 17.9. The molecule has 3 aromatic carbocycles. The minimum Gasteiger partial charge on any atom is -0.480 e. The predicted molar refractivity (Wildman–Crippen MR) is 374 cm³/mol. The van der Waals surface area contributed by atoms with Crippen LogP contribution in [0, 0.1) is 29.6 Å². The number of hydrogen-bond donors (Lipinski definition) is 8. The molecular weight excluding hydrogens is 1260 g/mol. The fourth-order valence-corrected chi connectivity index (χ4v) is 12.3. The van der Waals surface area contributed by atoms with Gasteiger partial charge in [-0.2, -0.15) is 0 Å². The topological polar surface area (TPSA) is 339 Å². The van der Waals surface area contributed by atoms with Crippen molar-refractivity contribution in [2.75, 3.05) is 65.2 Å². The van der Waals surface area contributed by atoms with Gasteiger partial charge in [-0.15, -0.1) is 0 Å². The number of urea groups is 1. The first kappa shape index (κ1) is 82.1. The summed E-state index contributed by atoms with van der Waals surface area (Å²) in [4.78, 5) is 141. The lowest BCUT2D eigenvalue weighted by Gasteiger charge is -2.41. The van der Waals surface area contributed by atoms with Crippen molar-refractivity contribution in [2.24, 2.45) is 35.3 Å². The fraction of sp³-hybridized carbons (Fsp3) is 0.611. The third-order valence-corrected chi connectivity index (χ3v) is 17.9. The average molecular weight is 1370 g/mol. The molecule has 11 atom stereocenters. The molecule has 0 unspecified atom stereocenters. The minimum absolute atomic E-state index is 0.0816. The van der Waals surface area contributed by atoms with Gasteiger partial charge in [0, 0.05) is 65.7 Å². The quantitative estimate of drug-likeness (QED) is 0.0263. The molecule has 1 aliphatic rings. The molecule has 9 N–H and O–H groups in total. The number of rotatable bonds is 37. The molecule has 10 amide bonds. The average Bonchev–Trinajstić information content (AvgIpc) is 1.43. The van der Waals surface area contributed by atoms with Crippen LogP contribution in [0.5, 0.6) is 0 Å². The summed E-state index contributed by atoms with van der Waals surface area (Å²) >= 11 is 0. The summed E-state index contributed by atoms with van der Waals surface area (Å²) in [6, 6.07) is 16.4. The van der Waals surface area contributed by atoms with Gasteiger partial charge in [0.2, 0.25) is 35.4 Å². The van der Waals surface area contributed by atoms with Crippen molar-refractivity contribution in [1.82, 2.24) is 41.3 Å². The summed E-state index contributed by atoms with van der Waals surface area (Å²) in [7, 11) is 8.14. The predicted octanol–water partition coefficient (Wildman–Crippen LogP) is 7.25. The van der Waals surface area contributed by atoms with Crippen molar-refractivity contribution >= 4 is 71.0 Å². The van der Waals surface area contributed by atoms with E-state index in [0.717, 1.165) is 11.1 Å². The number of primary amides is 1. The first-order chi connectivity index (χ1) is 46.1. The Morgan fingerprint density at radius 2 is 1.32 bits per heavy atom. The van der Waals surface area contributed by atoms with Crippen LogP contribution >= 0.6 is 0 Å². The molecule has 544 valence electrons. The third kappa shape index (κ3) is 25.2. The van der Waals surface area contributed by atoms with Crippen molar-refractivity contribution in [2.45, 2.75) is 201 Å². The summed E-state index contributed by atoms with van der Waals surface area (Å²) in [5.74, 6) is -5.49. The van der Waals surface area contributed by atoms with Crippen LogP contribution < -0.4 is 42.5 Å². The number of ether oxygens (including phenoxy) is 4. The number of nitrogens with one attached hydrogen (secondary N) is 6. The van der Waals surface area contributed by atoms with Gasteiger partial charge in [-0.25, -0.2) is 19.2 Å². The Morgan fingerprint density at radius 3 is 1.87 bits per heavy atom. The summed E-state index contributed by atoms with van der Waals surface area (Å²) < 4.78 is 23.0. The number of nitrogens with two attached hydrogens (primary N) is 1. The summed E-state index contributed by atoms with van der Waals surface area (Å²) in [6.07, 6.45) is -0.0577. The Hall–Kier alpha value is -8.36. The minimum atomic E-state index is -1.17. The summed E-state index contributed by atoms with van der Waals surface area (Å²) in [5.41, 5.74) is 7.71. The van der Waals surface area contributed by atoms with Crippen molar-refractivity contribution in [3.8, 4) is 0 Å². The zero-order valence-corrected chi connectivity index (χ0v) is 60.6. The Kier molecular flexibility index (Phi) is 32.9. The number of benzene rings is 3. The molecular formula is C72H111N11O15. The number of likely N-dealkylation sites (tertiary alicyclic amines) is 1. The van der Waals surface area contributed by atoms with Crippen LogP contribution in [-0.4, -0.2) is 195 Å². The Balaban J connectivity index is 1.35. The lowest BCUT2D eigenvalue weighted by atomic mass is 9.89. The van der Waals surface area contributed by atoms with E-state index in [9.17, 15) is 53.1 Å². The molecule has 1 aliphatic heterocycles. The van der Waals surface area contributed by atoms with E-state index in [1.54, 1.807) is 126 Å². The van der Waals surface area contributed by atoms with Gasteiger partial charge in [-0.1, -0.05) is 123 Å². The van der Waals surface area contributed by atoms with E-state index in [2.05, 4.69) is 31.9 Å². The van der Waals surface area contributed by atoms with Crippen molar-refractivity contribution < 1.29 is 72.0 Å². The van der Waals surface area contributed by atoms with Crippen molar-refractivity contribution in [1.29, 1.82) is 0 Å². The van der Waals surface area contributed by atoms with E-state index in [4.69, 9.17) is 24.7 Å². The number of likely N-dealkylation sites (N-methyl/N-ethyl adjacent to an activating group) is 2. The zero-order chi connectivity index (χ0) is 73.3. The maximum atomic E-state index is 14.8. The molecule has 0 bridgehead atoms.